The Labute approximate surface area is 172 Å². The van der Waals surface area contributed by atoms with Gasteiger partial charge >= 0.3 is 0 Å². The molecule has 2 amide bonds. The molecule has 0 unspecified atom stereocenters. The molecule has 6 heteroatoms. The molecule has 0 spiro atoms. The van der Waals surface area contributed by atoms with E-state index in [1.54, 1.807) is 24.3 Å². The lowest BCUT2D eigenvalue weighted by atomic mass is 10.1. The van der Waals surface area contributed by atoms with Gasteiger partial charge in [0.15, 0.2) is 0 Å². The molecular weight excluding hydrogens is 366 g/mol. The number of carbonyl (C=O) groups is 2. The normalized spacial score (nSPS) is 10.3. The lowest BCUT2D eigenvalue weighted by molar-refractivity contribution is -0.117. The van der Waals surface area contributed by atoms with Crippen molar-refractivity contribution in [1.82, 2.24) is 0 Å². The molecule has 2 aromatic carbocycles. The fourth-order valence-corrected chi connectivity index (χ4v) is 2.48. The molecule has 0 saturated heterocycles. The summed E-state index contributed by atoms with van der Waals surface area (Å²) in [6.07, 6.45) is 0.487. The number of rotatable bonds is 10. The maximum atomic E-state index is 12.1. The number of hydrogen-bond acceptors (Lipinski definition) is 4. The summed E-state index contributed by atoms with van der Waals surface area (Å²) in [7, 11) is 0. The molecule has 0 bridgehead atoms. The van der Waals surface area contributed by atoms with E-state index in [1.165, 1.54) is 0 Å². The Balaban J connectivity index is 1.77. The van der Waals surface area contributed by atoms with Crippen molar-refractivity contribution < 1.29 is 14.3 Å². The van der Waals surface area contributed by atoms with Crippen LogP contribution >= 0.6 is 0 Å². The van der Waals surface area contributed by atoms with Crippen molar-refractivity contribution in [3.63, 3.8) is 0 Å². The zero-order valence-electron chi connectivity index (χ0n) is 17.2. The Morgan fingerprint density at radius 1 is 0.897 bits per heavy atom. The van der Waals surface area contributed by atoms with Crippen LogP contribution < -0.4 is 20.7 Å². The molecule has 154 valence electrons. The van der Waals surface area contributed by atoms with Crippen LogP contribution in [0.5, 0.6) is 5.75 Å². The highest BCUT2D eigenvalue weighted by molar-refractivity contribution is 5.94. The smallest absolute Gasteiger partial charge is 0.243 e. The van der Waals surface area contributed by atoms with Gasteiger partial charge in [0.1, 0.15) is 12.4 Å². The summed E-state index contributed by atoms with van der Waals surface area (Å²) in [5, 5.41) is 8.75. The standard InChI is InChI=1S/C23H29N3O3/c1-16(2)13-22(27)25-19-7-5-18(6-8-19)24-14-23(28)26-20-9-11-21(12-10-20)29-15-17(3)4/h5-12,16,24H,3,13-15H2,1-2,4H3,(H,25,27)(H,26,28). The van der Waals surface area contributed by atoms with Crippen molar-refractivity contribution in [3.05, 3.63) is 60.7 Å². The van der Waals surface area contributed by atoms with Crippen LogP contribution in [-0.4, -0.2) is 25.0 Å². The molecule has 2 aromatic rings. The van der Waals surface area contributed by atoms with E-state index in [0.717, 1.165) is 22.7 Å². The Morgan fingerprint density at radius 3 is 1.97 bits per heavy atom. The highest BCUT2D eigenvalue weighted by atomic mass is 16.5. The van der Waals surface area contributed by atoms with Crippen LogP contribution in [0.3, 0.4) is 0 Å². The Hall–Kier alpha value is -3.28. The van der Waals surface area contributed by atoms with Crippen LogP contribution in [0.2, 0.25) is 0 Å². The summed E-state index contributed by atoms with van der Waals surface area (Å²) in [5.74, 6) is 0.880. The predicted octanol–water partition coefficient (Wildman–Crippen LogP) is 4.68. The molecule has 0 aliphatic rings. The highest BCUT2D eigenvalue weighted by Crippen LogP contribution is 2.17. The third kappa shape index (κ3) is 8.51. The summed E-state index contributed by atoms with van der Waals surface area (Å²) >= 11 is 0. The third-order valence-corrected chi connectivity index (χ3v) is 3.84. The van der Waals surface area contributed by atoms with Crippen LogP contribution in [0.1, 0.15) is 27.2 Å². The molecular formula is C23H29N3O3. The van der Waals surface area contributed by atoms with Crippen LogP contribution in [0.4, 0.5) is 17.1 Å². The van der Waals surface area contributed by atoms with Gasteiger partial charge in [-0.05, 0) is 66.9 Å². The minimum atomic E-state index is -0.157. The number of benzene rings is 2. The molecule has 2 rings (SSSR count). The molecule has 0 saturated carbocycles. The maximum Gasteiger partial charge on any atom is 0.243 e. The summed E-state index contributed by atoms with van der Waals surface area (Å²) in [4.78, 5) is 23.9. The van der Waals surface area contributed by atoms with E-state index in [4.69, 9.17) is 4.74 Å². The molecule has 0 aromatic heterocycles. The molecule has 0 aliphatic heterocycles. The second-order valence-electron chi connectivity index (χ2n) is 7.40. The first kappa shape index (κ1) is 22.0. The first-order valence-electron chi connectivity index (χ1n) is 9.62. The molecule has 0 radical (unpaired) electrons. The van der Waals surface area contributed by atoms with E-state index in [0.29, 0.717) is 24.6 Å². The average molecular weight is 396 g/mol. The number of carbonyl (C=O) groups excluding carboxylic acids is 2. The van der Waals surface area contributed by atoms with Crippen molar-refractivity contribution >= 4 is 28.9 Å². The summed E-state index contributed by atoms with van der Waals surface area (Å²) in [5.41, 5.74) is 3.17. The molecule has 29 heavy (non-hydrogen) atoms. The van der Waals surface area contributed by atoms with Gasteiger partial charge in [0.2, 0.25) is 11.8 Å². The van der Waals surface area contributed by atoms with Gasteiger partial charge in [0, 0.05) is 23.5 Å². The number of anilines is 3. The summed E-state index contributed by atoms with van der Waals surface area (Å²) in [6.45, 7) is 10.3. The van der Waals surface area contributed by atoms with Crippen LogP contribution in [0, 0.1) is 5.92 Å². The maximum absolute atomic E-state index is 12.1. The van der Waals surface area contributed by atoms with Gasteiger partial charge in [-0.25, -0.2) is 0 Å². The second kappa shape index (κ2) is 10.9. The van der Waals surface area contributed by atoms with Crippen molar-refractivity contribution in [2.45, 2.75) is 27.2 Å². The zero-order valence-corrected chi connectivity index (χ0v) is 17.2. The van der Waals surface area contributed by atoms with Gasteiger partial charge in [-0.1, -0.05) is 20.4 Å². The van der Waals surface area contributed by atoms with Gasteiger partial charge in [-0.3, -0.25) is 9.59 Å². The number of nitrogens with one attached hydrogen (secondary N) is 3. The van der Waals surface area contributed by atoms with E-state index < -0.39 is 0 Å². The van der Waals surface area contributed by atoms with Crippen molar-refractivity contribution in [3.8, 4) is 5.75 Å². The van der Waals surface area contributed by atoms with Crippen molar-refractivity contribution in [2.75, 3.05) is 29.1 Å². The van der Waals surface area contributed by atoms with Crippen molar-refractivity contribution in [2.24, 2.45) is 5.92 Å². The van der Waals surface area contributed by atoms with Gasteiger partial charge in [0.05, 0.1) is 6.54 Å². The SMILES string of the molecule is C=C(C)COc1ccc(NC(=O)CNc2ccc(NC(=O)CC(C)C)cc2)cc1. The number of ether oxygens (including phenoxy) is 1. The zero-order chi connectivity index (χ0) is 21.2. The molecule has 6 nitrogen and oxygen atoms in total. The molecule has 3 N–H and O–H groups in total. The van der Waals surface area contributed by atoms with E-state index in [1.807, 2.05) is 45.0 Å². The second-order valence-corrected chi connectivity index (χ2v) is 7.40. The first-order valence-corrected chi connectivity index (χ1v) is 9.62. The quantitative estimate of drug-likeness (QED) is 0.511. The molecule has 0 aliphatic carbocycles. The van der Waals surface area contributed by atoms with E-state index in [2.05, 4.69) is 22.5 Å². The summed E-state index contributed by atoms with van der Waals surface area (Å²) < 4.78 is 5.53. The van der Waals surface area contributed by atoms with Crippen LogP contribution in [0.25, 0.3) is 0 Å². The minimum absolute atomic E-state index is 0.00358. The lowest BCUT2D eigenvalue weighted by Crippen LogP contribution is -2.21. The summed E-state index contributed by atoms with van der Waals surface area (Å²) in [6, 6.07) is 14.5. The van der Waals surface area contributed by atoms with Gasteiger partial charge in [0.25, 0.3) is 0 Å². The largest absolute Gasteiger partial charge is 0.489 e. The van der Waals surface area contributed by atoms with Crippen LogP contribution in [-0.2, 0) is 9.59 Å². The third-order valence-electron chi connectivity index (χ3n) is 3.84. The highest BCUT2D eigenvalue weighted by Gasteiger charge is 2.06. The molecule has 0 atom stereocenters. The lowest BCUT2D eigenvalue weighted by Gasteiger charge is -2.10. The topological polar surface area (TPSA) is 79.5 Å². The monoisotopic (exact) mass is 395 g/mol. The predicted molar refractivity (Wildman–Crippen MR) is 118 cm³/mol. The van der Waals surface area contributed by atoms with Crippen molar-refractivity contribution in [1.29, 1.82) is 0 Å². The van der Waals surface area contributed by atoms with E-state index in [9.17, 15) is 9.59 Å². The Kier molecular flexibility index (Phi) is 8.27. The Morgan fingerprint density at radius 2 is 1.41 bits per heavy atom. The first-order chi connectivity index (χ1) is 13.8. The van der Waals surface area contributed by atoms with Gasteiger partial charge in [-0.2, -0.15) is 0 Å². The Bertz CT molecular complexity index is 827. The van der Waals surface area contributed by atoms with Gasteiger partial charge in [-0.15, -0.1) is 0 Å². The fraction of sp³-hybridized carbons (Fsp3) is 0.304. The minimum Gasteiger partial charge on any atom is -0.489 e. The average Bonchev–Trinajstić information content (AvgIpc) is 2.66. The fourth-order valence-electron chi connectivity index (χ4n) is 2.48. The number of amides is 2. The van der Waals surface area contributed by atoms with E-state index in [-0.39, 0.29) is 18.4 Å². The van der Waals surface area contributed by atoms with Crippen LogP contribution in [0.15, 0.2) is 60.7 Å². The molecule has 0 fully saturated rings. The van der Waals surface area contributed by atoms with Gasteiger partial charge < -0.3 is 20.7 Å². The number of hydrogen-bond donors (Lipinski definition) is 3. The van der Waals surface area contributed by atoms with E-state index >= 15 is 0 Å². The molecule has 0 heterocycles.